The zero-order valence-corrected chi connectivity index (χ0v) is 11.1. The van der Waals surface area contributed by atoms with Gasteiger partial charge in [0.25, 0.3) is 0 Å². The van der Waals surface area contributed by atoms with Crippen molar-refractivity contribution in [2.45, 2.75) is 26.2 Å². The van der Waals surface area contributed by atoms with Gasteiger partial charge in [0, 0.05) is 24.7 Å². The Bertz CT molecular complexity index is 508. The summed E-state index contributed by atoms with van der Waals surface area (Å²) >= 11 is 0. The Morgan fingerprint density at radius 3 is 3.00 bits per heavy atom. The third-order valence-electron chi connectivity index (χ3n) is 2.74. The fraction of sp³-hybridized carbons (Fsp3) is 0.400. The molecule has 0 saturated heterocycles. The molecule has 0 fully saturated rings. The van der Waals surface area contributed by atoms with Crippen LogP contribution in [0.25, 0.3) is 11.3 Å². The lowest BCUT2D eigenvalue weighted by Gasteiger charge is -2.05. The van der Waals surface area contributed by atoms with Gasteiger partial charge in [-0.25, -0.2) is 0 Å². The number of aromatic nitrogens is 1. The third-order valence-corrected chi connectivity index (χ3v) is 2.74. The van der Waals surface area contributed by atoms with Crippen molar-refractivity contribution in [3.63, 3.8) is 0 Å². The Labute approximate surface area is 113 Å². The van der Waals surface area contributed by atoms with Crippen molar-refractivity contribution >= 4 is 0 Å². The number of hydrogen-bond donors (Lipinski definition) is 1. The van der Waals surface area contributed by atoms with Gasteiger partial charge in [0.1, 0.15) is 17.2 Å². The quantitative estimate of drug-likeness (QED) is 0.832. The van der Waals surface area contributed by atoms with E-state index in [-0.39, 0.29) is 6.61 Å². The molecule has 4 nitrogen and oxygen atoms in total. The highest BCUT2D eigenvalue weighted by Crippen LogP contribution is 2.24. The molecule has 0 aliphatic carbocycles. The summed E-state index contributed by atoms with van der Waals surface area (Å²) in [6.07, 6.45) is 2.38. The van der Waals surface area contributed by atoms with Crippen LogP contribution in [0, 0.1) is 0 Å². The molecule has 0 bridgehead atoms. The summed E-state index contributed by atoms with van der Waals surface area (Å²) in [6, 6.07) is 9.73. The van der Waals surface area contributed by atoms with Crippen LogP contribution < -0.4 is 4.74 Å². The molecule has 1 heterocycles. The summed E-state index contributed by atoms with van der Waals surface area (Å²) in [5.74, 6) is 1.64. The van der Waals surface area contributed by atoms with E-state index in [1.165, 1.54) is 0 Å². The highest BCUT2D eigenvalue weighted by atomic mass is 16.5. The predicted molar refractivity (Wildman–Crippen MR) is 73.1 cm³/mol. The van der Waals surface area contributed by atoms with E-state index < -0.39 is 0 Å². The Morgan fingerprint density at radius 2 is 2.21 bits per heavy atom. The summed E-state index contributed by atoms with van der Waals surface area (Å²) in [7, 11) is 0. The molecule has 2 aromatic rings. The Hall–Kier alpha value is -1.81. The minimum Gasteiger partial charge on any atom is -0.494 e. The van der Waals surface area contributed by atoms with Crippen LogP contribution in [0.2, 0.25) is 0 Å². The van der Waals surface area contributed by atoms with Gasteiger partial charge in [0.05, 0.1) is 6.61 Å². The molecule has 1 aromatic carbocycles. The molecule has 0 spiro atoms. The number of aryl methyl sites for hydroxylation is 1. The first kappa shape index (κ1) is 13.6. The molecule has 0 aliphatic heterocycles. The average Bonchev–Trinajstić information content (AvgIpc) is 2.92. The maximum atomic E-state index is 8.79. The van der Waals surface area contributed by atoms with Crippen LogP contribution in [0.1, 0.15) is 25.5 Å². The van der Waals surface area contributed by atoms with Crippen molar-refractivity contribution in [2.24, 2.45) is 0 Å². The number of benzene rings is 1. The van der Waals surface area contributed by atoms with Crippen molar-refractivity contribution in [2.75, 3.05) is 13.2 Å². The third kappa shape index (κ3) is 3.83. The fourth-order valence-electron chi connectivity index (χ4n) is 1.79. The van der Waals surface area contributed by atoms with E-state index in [0.717, 1.165) is 29.2 Å². The minimum absolute atomic E-state index is 0.163. The average molecular weight is 261 g/mol. The van der Waals surface area contributed by atoms with Gasteiger partial charge in [0.15, 0.2) is 0 Å². The van der Waals surface area contributed by atoms with Crippen LogP contribution in [0.5, 0.6) is 5.75 Å². The van der Waals surface area contributed by atoms with Gasteiger partial charge in [-0.15, -0.1) is 0 Å². The summed E-state index contributed by atoms with van der Waals surface area (Å²) in [6.45, 7) is 2.95. The van der Waals surface area contributed by atoms with E-state index in [4.69, 9.17) is 14.4 Å². The molecule has 0 saturated carbocycles. The highest BCUT2D eigenvalue weighted by Gasteiger charge is 2.07. The second kappa shape index (κ2) is 6.95. The zero-order valence-electron chi connectivity index (χ0n) is 11.1. The van der Waals surface area contributed by atoms with Gasteiger partial charge in [-0.2, -0.15) is 0 Å². The van der Waals surface area contributed by atoms with Crippen molar-refractivity contribution in [1.82, 2.24) is 5.16 Å². The van der Waals surface area contributed by atoms with E-state index in [9.17, 15) is 0 Å². The standard InChI is InChI=1S/C15H19NO3/c1-2-9-18-13-6-3-5-12(10-13)15-11-14(19-16-15)7-4-8-17/h3,5-6,10-11,17H,2,4,7-9H2,1H3. The Balaban J connectivity index is 2.10. The molecule has 1 aromatic heterocycles. The molecule has 0 amide bonds. The van der Waals surface area contributed by atoms with Crippen LogP contribution in [0.15, 0.2) is 34.9 Å². The molecule has 0 radical (unpaired) electrons. The van der Waals surface area contributed by atoms with Gasteiger partial charge in [-0.3, -0.25) is 0 Å². The van der Waals surface area contributed by atoms with E-state index in [2.05, 4.69) is 12.1 Å². The number of aliphatic hydroxyl groups excluding tert-OH is 1. The molecule has 19 heavy (non-hydrogen) atoms. The molecule has 2 rings (SSSR count). The molecule has 0 unspecified atom stereocenters. The molecule has 4 heteroatoms. The van der Waals surface area contributed by atoms with E-state index >= 15 is 0 Å². The lowest BCUT2D eigenvalue weighted by Crippen LogP contribution is -1.94. The number of ether oxygens (including phenoxy) is 1. The first-order valence-corrected chi connectivity index (χ1v) is 6.63. The van der Waals surface area contributed by atoms with Gasteiger partial charge in [-0.05, 0) is 25.0 Å². The molecule has 0 atom stereocenters. The van der Waals surface area contributed by atoms with Gasteiger partial charge in [0.2, 0.25) is 0 Å². The van der Waals surface area contributed by atoms with Crippen LogP contribution >= 0.6 is 0 Å². The van der Waals surface area contributed by atoms with E-state index in [1.807, 2.05) is 30.3 Å². The number of rotatable bonds is 7. The minimum atomic E-state index is 0.163. The summed E-state index contributed by atoms with van der Waals surface area (Å²) in [5.41, 5.74) is 1.78. The molecule has 102 valence electrons. The van der Waals surface area contributed by atoms with Crippen molar-refractivity contribution in [3.8, 4) is 17.0 Å². The van der Waals surface area contributed by atoms with Gasteiger partial charge < -0.3 is 14.4 Å². The molecular weight excluding hydrogens is 242 g/mol. The van der Waals surface area contributed by atoms with Crippen molar-refractivity contribution in [3.05, 3.63) is 36.1 Å². The van der Waals surface area contributed by atoms with Crippen LogP contribution in [-0.2, 0) is 6.42 Å². The highest BCUT2D eigenvalue weighted by molar-refractivity contribution is 5.60. The fourth-order valence-corrected chi connectivity index (χ4v) is 1.79. The van der Waals surface area contributed by atoms with Crippen molar-refractivity contribution in [1.29, 1.82) is 0 Å². The monoisotopic (exact) mass is 261 g/mol. The summed E-state index contributed by atoms with van der Waals surface area (Å²) < 4.78 is 10.8. The lowest BCUT2D eigenvalue weighted by atomic mass is 10.1. The number of aliphatic hydroxyl groups is 1. The number of nitrogens with zero attached hydrogens (tertiary/aromatic N) is 1. The van der Waals surface area contributed by atoms with Crippen molar-refractivity contribution < 1.29 is 14.4 Å². The second-order valence-electron chi connectivity index (χ2n) is 4.38. The Morgan fingerprint density at radius 1 is 1.32 bits per heavy atom. The largest absolute Gasteiger partial charge is 0.494 e. The van der Waals surface area contributed by atoms with E-state index in [0.29, 0.717) is 19.4 Å². The van der Waals surface area contributed by atoms with Crippen LogP contribution in [0.3, 0.4) is 0 Å². The Kier molecular flexibility index (Phi) is 4.98. The first-order valence-electron chi connectivity index (χ1n) is 6.63. The summed E-state index contributed by atoms with van der Waals surface area (Å²) in [4.78, 5) is 0. The lowest BCUT2D eigenvalue weighted by molar-refractivity contribution is 0.280. The van der Waals surface area contributed by atoms with Gasteiger partial charge >= 0.3 is 0 Å². The van der Waals surface area contributed by atoms with Gasteiger partial charge in [-0.1, -0.05) is 24.2 Å². The maximum absolute atomic E-state index is 8.79. The maximum Gasteiger partial charge on any atom is 0.137 e. The topological polar surface area (TPSA) is 55.5 Å². The normalized spacial score (nSPS) is 10.6. The SMILES string of the molecule is CCCOc1cccc(-c2cc(CCCO)on2)c1. The molecule has 1 N–H and O–H groups in total. The number of hydrogen-bond acceptors (Lipinski definition) is 4. The summed E-state index contributed by atoms with van der Waals surface area (Å²) in [5, 5.41) is 12.8. The predicted octanol–water partition coefficient (Wildman–Crippen LogP) is 3.06. The van der Waals surface area contributed by atoms with Crippen LogP contribution in [-0.4, -0.2) is 23.5 Å². The second-order valence-corrected chi connectivity index (χ2v) is 4.38. The smallest absolute Gasteiger partial charge is 0.137 e. The zero-order chi connectivity index (χ0) is 13.5. The molecular formula is C15H19NO3. The van der Waals surface area contributed by atoms with Crippen LogP contribution in [0.4, 0.5) is 0 Å². The van der Waals surface area contributed by atoms with E-state index in [1.54, 1.807) is 0 Å². The molecule has 0 aliphatic rings. The first-order chi connectivity index (χ1) is 9.33.